The van der Waals surface area contributed by atoms with Gasteiger partial charge in [0.15, 0.2) is 0 Å². The maximum absolute atomic E-state index is 14.1. The minimum absolute atomic E-state index is 0.151. The van der Waals surface area contributed by atoms with Crippen LogP contribution in [0.5, 0.6) is 0 Å². The number of rotatable bonds is 14. The van der Waals surface area contributed by atoms with Gasteiger partial charge in [0.05, 0.1) is 11.9 Å². The molecule has 0 aliphatic carbocycles. The van der Waals surface area contributed by atoms with Gasteiger partial charge in [0.1, 0.15) is 12.6 Å². The highest BCUT2D eigenvalue weighted by Gasteiger charge is 2.33. The lowest BCUT2D eigenvalue weighted by atomic mass is 10.0. The number of halogens is 1. The van der Waals surface area contributed by atoms with Crippen LogP contribution in [-0.4, -0.2) is 50.5 Å². The van der Waals surface area contributed by atoms with Crippen LogP contribution in [0, 0.1) is 0 Å². The van der Waals surface area contributed by atoms with Crippen molar-refractivity contribution in [1.82, 2.24) is 10.2 Å². The Balaban J connectivity index is 2.05. The standard InChI is InChI=1S/C31H38BrN3O4S/c1-4-6-20-33-31(37)29(21-24-12-8-7-9-13-24)34(22-25-16-18-27(32)19-17-25)30(36)23-35(40(3,38)39)28-15-11-10-14-26(28)5-2/h7-19,29H,4-6,20-23H2,1-3H3,(H,33,37)/t29-/m1/s1. The number of aryl methyl sites for hydroxylation is 1. The van der Waals surface area contributed by atoms with Gasteiger partial charge in [0, 0.05) is 24.0 Å². The molecule has 3 rings (SSSR count). The summed E-state index contributed by atoms with van der Waals surface area (Å²) < 4.78 is 28.0. The van der Waals surface area contributed by atoms with Crippen molar-refractivity contribution < 1.29 is 18.0 Å². The quantitative estimate of drug-likeness (QED) is 0.245. The topological polar surface area (TPSA) is 86.8 Å². The average molecular weight is 629 g/mol. The number of nitrogens with one attached hydrogen (secondary N) is 1. The first-order valence-electron chi connectivity index (χ1n) is 13.5. The molecular formula is C31H38BrN3O4S. The van der Waals surface area contributed by atoms with E-state index in [1.165, 1.54) is 4.90 Å². The minimum atomic E-state index is -3.80. The number of unbranched alkanes of at least 4 members (excludes halogenated alkanes) is 1. The van der Waals surface area contributed by atoms with Gasteiger partial charge in [-0.3, -0.25) is 13.9 Å². The molecule has 0 heterocycles. The van der Waals surface area contributed by atoms with Crippen molar-refractivity contribution in [3.8, 4) is 0 Å². The SMILES string of the molecule is CCCCNC(=O)[C@@H](Cc1ccccc1)N(Cc1ccc(Br)cc1)C(=O)CN(c1ccccc1CC)S(C)(=O)=O. The number of hydrogen-bond donors (Lipinski definition) is 1. The van der Waals surface area contributed by atoms with Crippen molar-refractivity contribution in [2.45, 2.75) is 52.1 Å². The summed E-state index contributed by atoms with van der Waals surface area (Å²) in [4.78, 5) is 29.3. The Labute approximate surface area is 246 Å². The molecule has 214 valence electrons. The van der Waals surface area contributed by atoms with Gasteiger partial charge >= 0.3 is 0 Å². The molecule has 0 saturated carbocycles. The molecule has 0 saturated heterocycles. The van der Waals surface area contributed by atoms with E-state index in [0.29, 0.717) is 25.1 Å². The van der Waals surface area contributed by atoms with Gasteiger partial charge in [-0.15, -0.1) is 0 Å². The van der Waals surface area contributed by atoms with E-state index in [1.807, 2.05) is 80.6 Å². The summed E-state index contributed by atoms with van der Waals surface area (Å²) in [7, 11) is -3.80. The highest BCUT2D eigenvalue weighted by atomic mass is 79.9. The van der Waals surface area contributed by atoms with E-state index in [-0.39, 0.29) is 12.5 Å². The van der Waals surface area contributed by atoms with Crippen LogP contribution in [0.25, 0.3) is 0 Å². The number of amides is 2. The Hall–Kier alpha value is -3.17. The van der Waals surface area contributed by atoms with Crippen LogP contribution in [0.2, 0.25) is 0 Å². The second kappa shape index (κ2) is 15.0. The summed E-state index contributed by atoms with van der Waals surface area (Å²) in [6.45, 7) is 4.22. The molecule has 9 heteroatoms. The molecule has 0 spiro atoms. The van der Waals surface area contributed by atoms with Crippen molar-refractivity contribution in [2.75, 3.05) is 23.7 Å². The number of anilines is 1. The zero-order chi connectivity index (χ0) is 29.1. The largest absolute Gasteiger partial charge is 0.354 e. The normalized spacial score (nSPS) is 12.0. The first-order valence-corrected chi connectivity index (χ1v) is 16.2. The molecule has 1 N–H and O–H groups in total. The van der Waals surface area contributed by atoms with Gasteiger partial charge in [-0.2, -0.15) is 0 Å². The van der Waals surface area contributed by atoms with Gasteiger partial charge in [0.2, 0.25) is 21.8 Å². The van der Waals surface area contributed by atoms with Gasteiger partial charge in [-0.05, 0) is 47.7 Å². The van der Waals surface area contributed by atoms with Crippen LogP contribution in [0.15, 0.2) is 83.3 Å². The van der Waals surface area contributed by atoms with E-state index in [9.17, 15) is 18.0 Å². The highest BCUT2D eigenvalue weighted by Crippen LogP contribution is 2.25. The molecule has 7 nitrogen and oxygen atoms in total. The zero-order valence-corrected chi connectivity index (χ0v) is 25.7. The molecule has 0 bridgehead atoms. The molecule has 3 aromatic carbocycles. The predicted molar refractivity (Wildman–Crippen MR) is 165 cm³/mol. The van der Waals surface area contributed by atoms with Crippen molar-refractivity contribution in [2.24, 2.45) is 0 Å². The van der Waals surface area contributed by atoms with Gasteiger partial charge in [0.25, 0.3) is 0 Å². The number of sulfonamides is 1. The molecule has 0 fully saturated rings. The number of para-hydroxylation sites is 1. The molecule has 0 unspecified atom stereocenters. The molecule has 2 amide bonds. The van der Waals surface area contributed by atoms with Crippen LogP contribution in [0.4, 0.5) is 5.69 Å². The fourth-order valence-corrected chi connectivity index (χ4v) is 5.64. The Morgan fingerprint density at radius 1 is 0.900 bits per heavy atom. The molecule has 0 radical (unpaired) electrons. The zero-order valence-electron chi connectivity index (χ0n) is 23.3. The summed E-state index contributed by atoms with van der Waals surface area (Å²) >= 11 is 3.45. The van der Waals surface area contributed by atoms with Gasteiger partial charge in [-0.25, -0.2) is 8.42 Å². The van der Waals surface area contributed by atoms with Crippen molar-refractivity contribution in [3.05, 3.63) is 100 Å². The number of benzene rings is 3. The van der Waals surface area contributed by atoms with E-state index >= 15 is 0 Å². The summed E-state index contributed by atoms with van der Waals surface area (Å²) in [6.07, 6.45) is 3.75. The Morgan fingerprint density at radius 3 is 2.17 bits per heavy atom. The fourth-order valence-electron chi connectivity index (χ4n) is 4.49. The molecule has 3 aromatic rings. The fraction of sp³-hybridized carbons (Fsp3) is 0.355. The van der Waals surface area contributed by atoms with E-state index < -0.39 is 28.5 Å². The number of carbonyl (C=O) groups is 2. The molecule has 0 aliphatic heterocycles. The molecule has 40 heavy (non-hydrogen) atoms. The second-order valence-electron chi connectivity index (χ2n) is 9.75. The minimum Gasteiger partial charge on any atom is -0.354 e. The molecule has 0 aromatic heterocycles. The first kappa shape index (κ1) is 31.4. The number of carbonyl (C=O) groups excluding carboxylic acids is 2. The first-order chi connectivity index (χ1) is 19.1. The summed E-state index contributed by atoms with van der Waals surface area (Å²) in [5, 5.41) is 3.00. The van der Waals surface area contributed by atoms with Crippen molar-refractivity contribution in [3.63, 3.8) is 0 Å². The lowest BCUT2D eigenvalue weighted by Crippen LogP contribution is -2.53. The average Bonchev–Trinajstić information content (AvgIpc) is 2.94. The number of nitrogens with zero attached hydrogens (tertiary/aromatic N) is 2. The van der Waals surface area contributed by atoms with Crippen LogP contribution in [0.1, 0.15) is 43.4 Å². The van der Waals surface area contributed by atoms with E-state index in [0.717, 1.165) is 44.6 Å². The summed E-state index contributed by atoms with van der Waals surface area (Å²) in [5.41, 5.74) is 3.02. The van der Waals surface area contributed by atoms with Gasteiger partial charge < -0.3 is 10.2 Å². The lowest BCUT2D eigenvalue weighted by Gasteiger charge is -2.34. The Morgan fingerprint density at radius 2 is 1.55 bits per heavy atom. The van der Waals surface area contributed by atoms with Crippen molar-refractivity contribution >= 4 is 43.5 Å². The third-order valence-corrected chi connectivity index (χ3v) is 8.34. The number of hydrogen-bond acceptors (Lipinski definition) is 4. The third-order valence-electron chi connectivity index (χ3n) is 6.69. The van der Waals surface area contributed by atoms with Crippen LogP contribution >= 0.6 is 15.9 Å². The predicted octanol–water partition coefficient (Wildman–Crippen LogP) is 5.33. The lowest BCUT2D eigenvalue weighted by molar-refractivity contribution is -0.140. The Kier molecular flexibility index (Phi) is 11.8. The van der Waals surface area contributed by atoms with Crippen LogP contribution in [0.3, 0.4) is 0 Å². The summed E-state index contributed by atoms with van der Waals surface area (Å²) in [6, 6.07) is 23.4. The van der Waals surface area contributed by atoms with Gasteiger partial charge in [-0.1, -0.05) is 96.9 Å². The molecule has 0 aliphatic rings. The molecule has 1 atom stereocenters. The maximum atomic E-state index is 14.1. The highest BCUT2D eigenvalue weighted by molar-refractivity contribution is 9.10. The van der Waals surface area contributed by atoms with E-state index in [1.54, 1.807) is 12.1 Å². The van der Waals surface area contributed by atoms with E-state index in [2.05, 4.69) is 21.2 Å². The Bertz CT molecular complexity index is 1360. The maximum Gasteiger partial charge on any atom is 0.244 e. The monoisotopic (exact) mass is 627 g/mol. The van der Waals surface area contributed by atoms with Crippen LogP contribution in [-0.2, 0) is 39.0 Å². The van der Waals surface area contributed by atoms with Crippen LogP contribution < -0.4 is 9.62 Å². The third kappa shape index (κ3) is 8.93. The smallest absolute Gasteiger partial charge is 0.244 e. The summed E-state index contributed by atoms with van der Waals surface area (Å²) in [5.74, 6) is -0.714. The second-order valence-corrected chi connectivity index (χ2v) is 12.6. The van der Waals surface area contributed by atoms with E-state index in [4.69, 9.17) is 0 Å². The molecular weight excluding hydrogens is 590 g/mol. The van der Waals surface area contributed by atoms with Crippen molar-refractivity contribution in [1.29, 1.82) is 0 Å².